The minimum Gasteiger partial charge on any atom is -0.495 e. The standard InChI is InChI=1S/C14H18N2O2/c1-10(2)16-14(17)12-6-7-13(18-3)11(9-12)5-4-8-15/h6-7,9-10H,8,15H2,1-3H3,(H,16,17). The number of hydrogen-bond donors (Lipinski definition) is 2. The molecule has 0 unspecified atom stereocenters. The van der Waals surface area contributed by atoms with Crippen molar-refractivity contribution in [3.05, 3.63) is 29.3 Å². The Labute approximate surface area is 108 Å². The van der Waals surface area contributed by atoms with E-state index in [0.29, 0.717) is 16.9 Å². The van der Waals surface area contributed by atoms with Gasteiger partial charge in [-0.1, -0.05) is 11.8 Å². The van der Waals surface area contributed by atoms with Gasteiger partial charge >= 0.3 is 0 Å². The van der Waals surface area contributed by atoms with Gasteiger partial charge in [0.1, 0.15) is 5.75 Å². The zero-order chi connectivity index (χ0) is 13.5. The van der Waals surface area contributed by atoms with Gasteiger partial charge in [0.25, 0.3) is 5.91 Å². The molecule has 0 saturated heterocycles. The highest BCUT2D eigenvalue weighted by Crippen LogP contribution is 2.18. The summed E-state index contributed by atoms with van der Waals surface area (Å²) in [5, 5.41) is 2.83. The van der Waals surface area contributed by atoms with Crippen molar-refractivity contribution in [2.75, 3.05) is 13.7 Å². The van der Waals surface area contributed by atoms with Crippen molar-refractivity contribution in [3.8, 4) is 17.6 Å². The van der Waals surface area contributed by atoms with E-state index in [2.05, 4.69) is 17.2 Å². The van der Waals surface area contributed by atoms with E-state index in [4.69, 9.17) is 10.5 Å². The summed E-state index contributed by atoms with van der Waals surface area (Å²) >= 11 is 0. The van der Waals surface area contributed by atoms with Crippen LogP contribution in [0, 0.1) is 11.8 Å². The minimum atomic E-state index is -0.122. The second-order valence-corrected chi connectivity index (χ2v) is 4.05. The molecule has 0 aliphatic carbocycles. The lowest BCUT2D eigenvalue weighted by Crippen LogP contribution is -2.30. The van der Waals surface area contributed by atoms with Gasteiger partial charge in [-0.05, 0) is 32.0 Å². The summed E-state index contributed by atoms with van der Waals surface area (Å²) in [6.07, 6.45) is 0. The number of methoxy groups -OCH3 is 1. The van der Waals surface area contributed by atoms with Crippen molar-refractivity contribution in [2.24, 2.45) is 5.73 Å². The Kier molecular flexibility index (Phi) is 5.22. The first-order valence-electron chi connectivity index (χ1n) is 5.76. The Morgan fingerprint density at radius 2 is 2.22 bits per heavy atom. The van der Waals surface area contributed by atoms with Crippen LogP contribution in [0.5, 0.6) is 5.75 Å². The van der Waals surface area contributed by atoms with Crippen LogP contribution in [-0.4, -0.2) is 25.6 Å². The molecule has 18 heavy (non-hydrogen) atoms. The maximum atomic E-state index is 11.9. The average Bonchev–Trinajstić information content (AvgIpc) is 2.35. The lowest BCUT2D eigenvalue weighted by Gasteiger charge is -2.10. The molecular weight excluding hydrogens is 228 g/mol. The van der Waals surface area contributed by atoms with Crippen LogP contribution in [-0.2, 0) is 0 Å². The van der Waals surface area contributed by atoms with E-state index >= 15 is 0 Å². The fraction of sp³-hybridized carbons (Fsp3) is 0.357. The maximum Gasteiger partial charge on any atom is 0.251 e. The molecule has 4 nitrogen and oxygen atoms in total. The maximum absolute atomic E-state index is 11.9. The van der Waals surface area contributed by atoms with Crippen LogP contribution in [0.3, 0.4) is 0 Å². The summed E-state index contributed by atoms with van der Waals surface area (Å²) in [5.41, 5.74) is 6.56. The van der Waals surface area contributed by atoms with Crippen LogP contribution in [0.4, 0.5) is 0 Å². The third-order valence-corrected chi connectivity index (χ3v) is 2.21. The Balaban J connectivity index is 3.06. The van der Waals surface area contributed by atoms with Gasteiger partial charge < -0.3 is 15.8 Å². The Hall–Kier alpha value is -1.99. The second-order valence-electron chi connectivity index (χ2n) is 4.05. The summed E-state index contributed by atoms with van der Waals surface area (Å²) in [7, 11) is 1.57. The molecule has 0 radical (unpaired) electrons. The fourth-order valence-electron chi connectivity index (χ4n) is 1.44. The van der Waals surface area contributed by atoms with Crippen LogP contribution < -0.4 is 15.8 Å². The Bertz CT molecular complexity index is 484. The van der Waals surface area contributed by atoms with Crippen LogP contribution in [0.25, 0.3) is 0 Å². The monoisotopic (exact) mass is 246 g/mol. The topological polar surface area (TPSA) is 64.3 Å². The first-order valence-corrected chi connectivity index (χ1v) is 5.76. The zero-order valence-electron chi connectivity index (χ0n) is 10.9. The molecule has 0 heterocycles. The molecule has 0 fully saturated rings. The molecule has 0 spiro atoms. The summed E-state index contributed by atoms with van der Waals surface area (Å²) in [4.78, 5) is 11.9. The number of rotatable bonds is 3. The van der Waals surface area contributed by atoms with E-state index < -0.39 is 0 Å². The lowest BCUT2D eigenvalue weighted by atomic mass is 10.1. The highest BCUT2D eigenvalue weighted by Gasteiger charge is 2.09. The molecule has 1 aromatic carbocycles. The van der Waals surface area contributed by atoms with Gasteiger partial charge in [0.15, 0.2) is 0 Å². The van der Waals surface area contributed by atoms with Gasteiger partial charge in [-0.3, -0.25) is 4.79 Å². The van der Waals surface area contributed by atoms with Crippen molar-refractivity contribution < 1.29 is 9.53 Å². The van der Waals surface area contributed by atoms with E-state index in [0.717, 1.165) is 0 Å². The predicted molar refractivity (Wildman–Crippen MR) is 71.5 cm³/mol. The number of amides is 1. The fourth-order valence-corrected chi connectivity index (χ4v) is 1.44. The number of nitrogens with one attached hydrogen (secondary N) is 1. The van der Waals surface area contributed by atoms with E-state index in [-0.39, 0.29) is 18.5 Å². The smallest absolute Gasteiger partial charge is 0.251 e. The van der Waals surface area contributed by atoms with Gasteiger partial charge in [0, 0.05) is 11.6 Å². The molecule has 0 bridgehead atoms. The SMILES string of the molecule is COc1ccc(C(=O)NC(C)C)cc1C#CCN. The van der Waals surface area contributed by atoms with E-state index in [9.17, 15) is 4.79 Å². The van der Waals surface area contributed by atoms with Gasteiger partial charge in [-0.2, -0.15) is 0 Å². The average molecular weight is 246 g/mol. The first-order chi connectivity index (χ1) is 8.58. The van der Waals surface area contributed by atoms with Crippen LogP contribution >= 0.6 is 0 Å². The van der Waals surface area contributed by atoms with Gasteiger partial charge in [0.2, 0.25) is 0 Å². The van der Waals surface area contributed by atoms with Crippen molar-refractivity contribution in [2.45, 2.75) is 19.9 Å². The molecule has 0 aromatic heterocycles. The highest BCUT2D eigenvalue weighted by atomic mass is 16.5. The second kappa shape index (κ2) is 6.67. The van der Waals surface area contributed by atoms with Crippen LogP contribution in [0.2, 0.25) is 0 Å². The van der Waals surface area contributed by atoms with Gasteiger partial charge in [-0.25, -0.2) is 0 Å². The highest BCUT2D eigenvalue weighted by molar-refractivity contribution is 5.95. The van der Waals surface area contributed by atoms with Crippen molar-refractivity contribution in [1.29, 1.82) is 0 Å². The van der Waals surface area contributed by atoms with E-state index in [1.165, 1.54) is 0 Å². The Morgan fingerprint density at radius 1 is 1.50 bits per heavy atom. The zero-order valence-corrected chi connectivity index (χ0v) is 10.9. The number of nitrogens with two attached hydrogens (primary N) is 1. The molecule has 1 aromatic rings. The summed E-state index contributed by atoms with van der Waals surface area (Å²) in [6, 6.07) is 5.25. The van der Waals surface area contributed by atoms with Crippen molar-refractivity contribution in [3.63, 3.8) is 0 Å². The van der Waals surface area contributed by atoms with Gasteiger partial charge in [-0.15, -0.1) is 0 Å². The first kappa shape index (κ1) is 14.1. The molecule has 0 atom stereocenters. The van der Waals surface area contributed by atoms with Crippen molar-refractivity contribution >= 4 is 5.91 Å². The predicted octanol–water partition coefficient (Wildman–Crippen LogP) is 1.14. The molecule has 0 aliphatic heterocycles. The number of ether oxygens (including phenoxy) is 1. The number of carbonyl (C=O) groups is 1. The normalized spacial score (nSPS) is 9.61. The lowest BCUT2D eigenvalue weighted by molar-refractivity contribution is 0.0943. The summed E-state index contributed by atoms with van der Waals surface area (Å²) in [6.45, 7) is 4.10. The molecule has 4 heteroatoms. The Morgan fingerprint density at radius 3 is 2.78 bits per heavy atom. The molecule has 1 rings (SSSR count). The molecular formula is C14H18N2O2. The summed E-state index contributed by atoms with van der Waals surface area (Å²) in [5.74, 6) is 6.16. The molecule has 0 saturated carbocycles. The third kappa shape index (κ3) is 3.79. The third-order valence-electron chi connectivity index (χ3n) is 2.21. The molecule has 96 valence electrons. The summed E-state index contributed by atoms with van der Waals surface area (Å²) < 4.78 is 5.18. The largest absolute Gasteiger partial charge is 0.495 e. The van der Waals surface area contributed by atoms with E-state index in [1.54, 1.807) is 25.3 Å². The van der Waals surface area contributed by atoms with Crippen LogP contribution in [0.1, 0.15) is 29.8 Å². The minimum absolute atomic E-state index is 0.0955. The number of hydrogen-bond acceptors (Lipinski definition) is 3. The quantitative estimate of drug-likeness (QED) is 0.786. The molecule has 1 amide bonds. The number of benzene rings is 1. The van der Waals surface area contributed by atoms with Gasteiger partial charge in [0.05, 0.1) is 19.2 Å². The molecule has 3 N–H and O–H groups in total. The van der Waals surface area contributed by atoms with E-state index in [1.807, 2.05) is 13.8 Å². The molecule has 0 aliphatic rings. The van der Waals surface area contributed by atoms with Crippen molar-refractivity contribution in [1.82, 2.24) is 5.32 Å². The number of carbonyl (C=O) groups excluding carboxylic acids is 1. The van der Waals surface area contributed by atoms with Crippen LogP contribution in [0.15, 0.2) is 18.2 Å².